The van der Waals surface area contributed by atoms with Crippen LogP contribution in [0.5, 0.6) is 0 Å². The molecular weight excluding hydrogens is 218 g/mol. The Kier molecular flexibility index (Phi) is 2.49. The van der Waals surface area contributed by atoms with Gasteiger partial charge in [-0.15, -0.1) is 5.10 Å². The first-order valence-corrected chi connectivity index (χ1v) is 6.15. The van der Waals surface area contributed by atoms with Crippen LogP contribution in [0.4, 0.5) is 5.95 Å². The molecule has 2 fully saturated rings. The highest BCUT2D eigenvalue weighted by atomic mass is 16.2. The molecule has 2 atom stereocenters. The number of fused-ring (bicyclic) bond motifs is 1. The number of carbonyl (C=O) groups is 1. The Labute approximate surface area is 99.8 Å². The van der Waals surface area contributed by atoms with Crippen LogP contribution >= 0.6 is 0 Å². The molecule has 2 aliphatic rings. The predicted octanol–water partition coefficient (Wildman–Crippen LogP) is 0.119. The van der Waals surface area contributed by atoms with Crippen molar-refractivity contribution in [3.05, 3.63) is 6.33 Å². The van der Waals surface area contributed by atoms with Crippen LogP contribution in [0.15, 0.2) is 6.33 Å². The van der Waals surface area contributed by atoms with Crippen LogP contribution in [0.1, 0.15) is 19.3 Å². The third kappa shape index (κ3) is 1.99. The van der Waals surface area contributed by atoms with Gasteiger partial charge in [0, 0.05) is 13.1 Å². The lowest BCUT2D eigenvalue weighted by Gasteiger charge is -2.16. The van der Waals surface area contributed by atoms with E-state index >= 15 is 0 Å². The summed E-state index contributed by atoms with van der Waals surface area (Å²) in [7, 11) is 0. The van der Waals surface area contributed by atoms with Gasteiger partial charge >= 0.3 is 0 Å². The monoisotopic (exact) mass is 235 g/mol. The van der Waals surface area contributed by atoms with Gasteiger partial charge in [0.1, 0.15) is 12.9 Å². The quantitative estimate of drug-likeness (QED) is 0.789. The number of aromatic nitrogens is 3. The van der Waals surface area contributed by atoms with Gasteiger partial charge in [0.05, 0.1) is 0 Å². The molecule has 6 nitrogen and oxygen atoms in total. The molecule has 1 amide bonds. The normalized spacial score (nSPS) is 27.4. The minimum atomic E-state index is 0.129. The smallest absolute Gasteiger partial charge is 0.244 e. The largest absolute Gasteiger partial charge is 0.367 e. The van der Waals surface area contributed by atoms with Gasteiger partial charge in [-0.05, 0) is 24.7 Å². The SMILES string of the molecule is Nc1ncn(CC(=O)N2CC3CCCC3C2)n1. The van der Waals surface area contributed by atoms with E-state index in [-0.39, 0.29) is 18.4 Å². The first-order valence-electron chi connectivity index (χ1n) is 6.15. The summed E-state index contributed by atoms with van der Waals surface area (Å²) in [4.78, 5) is 17.8. The van der Waals surface area contributed by atoms with Crippen molar-refractivity contribution >= 4 is 11.9 Å². The van der Waals surface area contributed by atoms with Gasteiger partial charge in [-0.2, -0.15) is 0 Å². The summed E-state index contributed by atoms with van der Waals surface area (Å²) in [6.07, 6.45) is 5.40. The zero-order chi connectivity index (χ0) is 11.8. The zero-order valence-corrected chi connectivity index (χ0v) is 9.75. The fraction of sp³-hybridized carbons (Fsp3) is 0.727. The van der Waals surface area contributed by atoms with Crippen LogP contribution in [0, 0.1) is 11.8 Å². The molecule has 1 aliphatic heterocycles. The van der Waals surface area contributed by atoms with Crippen LogP contribution in [0.2, 0.25) is 0 Å². The van der Waals surface area contributed by atoms with E-state index in [1.165, 1.54) is 30.3 Å². The van der Waals surface area contributed by atoms with Crippen molar-refractivity contribution in [2.45, 2.75) is 25.8 Å². The van der Waals surface area contributed by atoms with Gasteiger partial charge in [-0.1, -0.05) is 6.42 Å². The van der Waals surface area contributed by atoms with Gasteiger partial charge < -0.3 is 10.6 Å². The number of likely N-dealkylation sites (tertiary alicyclic amines) is 1. The summed E-state index contributed by atoms with van der Waals surface area (Å²) < 4.78 is 1.51. The number of hydrogen-bond acceptors (Lipinski definition) is 4. The fourth-order valence-corrected chi connectivity index (χ4v) is 3.06. The highest BCUT2D eigenvalue weighted by Crippen LogP contribution is 2.37. The summed E-state index contributed by atoms with van der Waals surface area (Å²) in [6, 6.07) is 0. The third-order valence-electron chi connectivity index (χ3n) is 3.93. The number of carbonyl (C=O) groups excluding carboxylic acids is 1. The molecule has 2 unspecified atom stereocenters. The molecule has 0 bridgehead atoms. The molecule has 1 aliphatic carbocycles. The minimum Gasteiger partial charge on any atom is -0.367 e. The van der Waals surface area contributed by atoms with Crippen molar-refractivity contribution in [2.24, 2.45) is 11.8 Å². The lowest BCUT2D eigenvalue weighted by atomic mass is 10.0. The summed E-state index contributed by atoms with van der Waals surface area (Å²) in [5, 5.41) is 3.93. The van der Waals surface area contributed by atoms with Crippen LogP contribution in [0.25, 0.3) is 0 Å². The van der Waals surface area contributed by atoms with Crippen molar-refractivity contribution in [3.8, 4) is 0 Å². The fourth-order valence-electron chi connectivity index (χ4n) is 3.06. The van der Waals surface area contributed by atoms with Gasteiger partial charge in [-0.3, -0.25) is 4.79 Å². The molecule has 1 saturated heterocycles. The molecule has 2 N–H and O–H groups in total. The second-order valence-corrected chi connectivity index (χ2v) is 5.05. The summed E-state index contributed by atoms with van der Waals surface area (Å²) in [5.41, 5.74) is 5.41. The number of nitrogens with two attached hydrogens (primary N) is 1. The molecule has 0 spiro atoms. The molecule has 3 rings (SSSR count). The van der Waals surface area contributed by atoms with Gasteiger partial charge in [0.15, 0.2) is 0 Å². The number of anilines is 1. The maximum atomic E-state index is 12.1. The standard InChI is InChI=1S/C11H17N5O/c12-11-13-7-16(14-11)6-10(17)15-4-8-2-1-3-9(8)5-15/h7-9H,1-6H2,(H2,12,14). The molecule has 1 saturated carbocycles. The molecule has 6 heteroatoms. The topological polar surface area (TPSA) is 77.0 Å². The van der Waals surface area contributed by atoms with Crippen LogP contribution < -0.4 is 5.73 Å². The third-order valence-corrected chi connectivity index (χ3v) is 3.93. The Morgan fingerprint density at radius 1 is 1.41 bits per heavy atom. The predicted molar refractivity (Wildman–Crippen MR) is 61.8 cm³/mol. The highest BCUT2D eigenvalue weighted by Gasteiger charge is 2.37. The second-order valence-electron chi connectivity index (χ2n) is 5.05. The van der Waals surface area contributed by atoms with Crippen molar-refractivity contribution < 1.29 is 4.79 Å². The van der Waals surface area contributed by atoms with Crippen LogP contribution in [0.3, 0.4) is 0 Å². The van der Waals surface area contributed by atoms with E-state index in [1.807, 2.05) is 4.90 Å². The van der Waals surface area contributed by atoms with Crippen molar-refractivity contribution in [1.29, 1.82) is 0 Å². The van der Waals surface area contributed by atoms with E-state index in [2.05, 4.69) is 10.1 Å². The first kappa shape index (κ1) is 10.6. The van der Waals surface area contributed by atoms with E-state index < -0.39 is 0 Å². The molecule has 0 radical (unpaired) electrons. The van der Waals surface area contributed by atoms with Gasteiger partial charge in [0.25, 0.3) is 0 Å². The summed E-state index contributed by atoms with van der Waals surface area (Å²) >= 11 is 0. The highest BCUT2D eigenvalue weighted by molar-refractivity contribution is 5.76. The van der Waals surface area contributed by atoms with Crippen molar-refractivity contribution in [3.63, 3.8) is 0 Å². The Bertz CT molecular complexity index is 417. The molecular formula is C11H17N5O. The molecule has 2 heterocycles. The van der Waals surface area contributed by atoms with E-state index in [9.17, 15) is 4.79 Å². The maximum absolute atomic E-state index is 12.1. The van der Waals surface area contributed by atoms with E-state index in [1.54, 1.807) is 0 Å². The van der Waals surface area contributed by atoms with Gasteiger partial charge in [-0.25, -0.2) is 9.67 Å². The lowest BCUT2D eigenvalue weighted by molar-refractivity contribution is -0.131. The average Bonchev–Trinajstić information content (AvgIpc) is 2.92. The average molecular weight is 235 g/mol. The summed E-state index contributed by atoms with van der Waals surface area (Å²) in [6.45, 7) is 2.10. The van der Waals surface area contributed by atoms with Crippen LogP contribution in [-0.4, -0.2) is 38.7 Å². The van der Waals surface area contributed by atoms with Crippen molar-refractivity contribution in [1.82, 2.24) is 19.7 Å². The molecule has 17 heavy (non-hydrogen) atoms. The van der Waals surface area contributed by atoms with Gasteiger partial charge in [0.2, 0.25) is 11.9 Å². The van der Waals surface area contributed by atoms with E-state index in [0.717, 1.165) is 24.9 Å². The lowest BCUT2D eigenvalue weighted by Crippen LogP contribution is -2.32. The number of hydrogen-bond donors (Lipinski definition) is 1. The van der Waals surface area contributed by atoms with Crippen LogP contribution in [-0.2, 0) is 11.3 Å². The summed E-state index contributed by atoms with van der Waals surface area (Å²) in [5.74, 6) is 1.82. The number of nitrogens with zero attached hydrogens (tertiary/aromatic N) is 4. The number of rotatable bonds is 2. The Morgan fingerprint density at radius 3 is 2.71 bits per heavy atom. The zero-order valence-electron chi connectivity index (χ0n) is 9.75. The Balaban J connectivity index is 1.60. The second kappa shape index (κ2) is 4.01. The van der Waals surface area contributed by atoms with E-state index in [4.69, 9.17) is 5.73 Å². The molecule has 0 aromatic carbocycles. The van der Waals surface area contributed by atoms with E-state index in [0.29, 0.717) is 0 Å². The minimum absolute atomic E-state index is 0.129. The maximum Gasteiger partial charge on any atom is 0.244 e. The molecule has 92 valence electrons. The Morgan fingerprint density at radius 2 is 2.12 bits per heavy atom. The number of amides is 1. The number of nitrogen functional groups attached to an aromatic ring is 1. The van der Waals surface area contributed by atoms with Crippen molar-refractivity contribution in [2.75, 3.05) is 18.8 Å². The molecule has 1 aromatic rings. The Hall–Kier alpha value is -1.59. The molecule has 1 aromatic heterocycles. The first-order chi connectivity index (χ1) is 8.22.